The number of hydrogen-bond acceptors (Lipinski definition) is 3. The van der Waals surface area contributed by atoms with Gasteiger partial charge in [-0.25, -0.2) is 4.79 Å². The van der Waals surface area contributed by atoms with E-state index >= 15 is 0 Å². The van der Waals surface area contributed by atoms with Gasteiger partial charge in [-0.2, -0.15) is 18.7 Å². The molecule has 1 fully saturated rings. The number of hydroxylamine groups is 1. The van der Waals surface area contributed by atoms with Crippen LogP contribution in [0.4, 0.5) is 18.0 Å². The van der Waals surface area contributed by atoms with E-state index in [0.717, 1.165) is 24.7 Å². The zero-order valence-electron chi connectivity index (χ0n) is 8.34. The molecular weight excluding hydrogens is 229 g/mol. The van der Waals surface area contributed by atoms with E-state index in [4.69, 9.17) is 0 Å². The average Bonchev–Trinajstić information content (AvgIpc) is 2.25. The number of piperidine rings is 1. The van der Waals surface area contributed by atoms with E-state index < -0.39 is 18.2 Å². The zero-order chi connectivity index (χ0) is 12.2. The van der Waals surface area contributed by atoms with Crippen LogP contribution in [-0.4, -0.2) is 36.2 Å². The summed E-state index contributed by atoms with van der Waals surface area (Å²) in [5.74, 6) is -2.29. The van der Waals surface area contributed by atoms with Gasteiger partial charge in [0.1, 0.15) is 0 Å². The number of rotatable bonds is 0. The van der Waals surface area contributed by atoms with Crippen molar-refractivity contribution in [1.82, 2.24) is 10.4 Å². The average molecular weight is 240 g/mol. The fourth-order valence-corrected chi connectivity index (χ4v) is 1.29. The highest BCUT2D eigenvalue weighted by atomic mass is 19.4. The summed E-state index contributed by atoms with van der Waals surface area (Å²) in [5, 5.41) is 0. The Bertz CT molecular complexity index is 274. The van der Waals surface area contributed by atoms with E-state index in [9.17, 15) is 22.8 Å². The standard InChI is InChI=1S/C8H11F3N2O3/c9-8(10,11)6(14)12-16-7(15)13-4-2-1-3-5-13/h1-5H2,(H,12,14). The summed E-state index contributed by atoms with van der Waals surface area (Å²) in [5.41, 5.74) is 1.06. The van der Waals surface area contributed by atoms with E-state index in [1.807, 2.05) is 0 Å². The van der Waals surface area contributed by atoms with Crippen molar-refractivity contribution < 1.29 is 27.6 Å². The van der Waals surface area contributed by atoms with Crippen LogP contribution in [0.1, 0.15) is 19.3 Å². The molecule has 1 N–H and O–H groups in total. The van der Waals surface area contributed by atoms with Gasteiger partial charge >= 0.3 is 18.2 Å². The van der Waals surface area contributed by atoms with Crippen LogP contribution in [0.25, 0.3) is 0 Å². The minimum Gasteiger partial charge on any atom is -0.321 e. The van der Waals surface area contributed by atoms with Gasteiger partial charge in [0.25, 0.3) is 0 Å². The first-order valence-corrected chi connectivity index (χ1v) is 4.74. The van der Waals surface area contributed by atoms with E-state index in [0.29, 0.717) is 13.1 Å². The van der Waals surface area contributed by atoms with E-state index in [1.54, 1.807) is 0 Å². The van der Waals surface area contributed by atoms with Crippen molar-refractivity contribution in [3.8, 4) is 0 Å². The third-order valence-electron chi connectivity index (χ3n) is 2.10. The van der Waals surface area contributed by atoms with Crippen LogP contribution in [0.2, 0.25) is 0 Å². The summed E-state index contributed by atoms with van der Waals surface area (Å²) in [4.78, 5) is 26.8. The number of hydrogen-bond donors (Lipinski definition) is 1. The Balaban J connectivity index is 2.32. The van der Waals surface area contributed by atoms with Gasteiger partial charge in [0.15, 0.2) is 0 Å². The maximum atomic E-state index is 11.7. The minimum absolute atomic E-state index is 0.431. The van der Waals surface area contributed by atoms with E-state index in [-0.39, 0.29) is 0 Å². The molecule has 0 unspecified atom stereocenters. The summed E-state index contributed by atoms with van der Waals surface area (Å²) >= 11 is 0. The van der Waals surface area contributed by atoms with Crippen molar-refractivity contribution in [3.05, 3.63) is 0 Å². The molecule has 16 heavy (non-hydrogen) atoms. The van der Waals surface area contributed by atoms with Gasteiger partial charge < -0.3 is 9.74 Å². The molecule has 0 radical (unpaired) electrons. The zero-order valence-corrected chi connectivity index (χ0v) is 8.34. The lowest BCUT2D eigenvalue weighted by atomic mass is 10.1. The lowest BCUT2D eigenvalue weighted by Crippen LogP contribution is -2.43. The predicted octanol–water partition coefficient (Wildman–Crippen LogP) is 1.20. The summed E-state index contributed by atoms with van der Waals surface area (Å²) < 4.78 is 35.2. The molecule has 8 heteroatoms. The highest BCUT2D eigenvalue weighted by Gasteiger charge is 2.40. The van der Waals surface area contributed by atoms with Gasteiger partial charge in [0, 0.05) is 13.1 Å². The second-order valence-electron chi connectivity index (χ2n) is 3.34. The highest BCUT2D eigenvalue weighted by molar-refractivity contribution is 5.82. The van der Waals surface area contributed by atoms with Crippen LogP contribution in [0.3, 0.4) is 0 Å². The second kappa shape index (κ2) is 5.04. The van der Waals surface area contributed by atoms with E-state index in [2.05, 4.69) is 4.84 Å². The second-order valence-corrected chi connectivity index (χ2v) is 3.34. The molecule has 0 aliphatic carbocycles. The number of amides is 2. The Labute approximate surface area is 89.5 Å². The maximum absolute atomic E-state index is 11.7. The molecule has 1 aliphatic rings. The van der Waals surface area contributed by atoms with Crippen LogP contribution in [0, 0.1) is 0 Å². The van der Waals surface area contributed by atoms with Crippen LogP contribution in [0.15, 0.2) is 0 Å². The van der Waals surface area contributed by atoms with Gasteiger partial charge in [-0.1, -0.05) is 0 Å². The molecule has 2 amide bonds. The van der Waals surface area contributed by atoms with Crippen molar-refractivity contribution in [2.75, 3.05) is 13.1 Å². The number of alkyl halides is 3. The molecular formula is C8H11F3N2O3. The molecule has 0 saturated carbocycles. The first-order valence-electron chi connectivity index (χ1n) is 4.74. The number of carbonyl (C=O) groups excluding carboxylic acids is 2. The maximum Gasteiger partial charge on any atom is 0.474 e. The van der Waals surface area contributed by atoms with Gasteiger partial charge in [0.2, 0.25) is 0 Å². The third kappa shape index (κ3) is 3.59. The molecule has 0 spiro atoms. The van der Waals surface area contributed by atoms with Crippen LogP contribution >= 0.6 is 0 Å². The summed E-state index contributed by atoms with van der Waals surface area (Å²) in [7, 11) is 0. The van der Waals surface area contributed by atoms with Crippen molar-refractivity contribution in [2.24, 2.45) is 0 Å². The van der Waals surface area contributed by atoms with Crippen LogP contribution in [0.5, 0.6) is 0 Å². The first kappa shape index (κ1) is 12.6. The number of carbonyl (C=O) groups is 2. The van der Waals surface area contributed by atoms with Gasteiger partial charge in [-0.05, 0) is 19.3 Å². The molecule has 1 heterocycles. The van der Waals surface area contributed by atoms with Crippen molar-refractivity contribution in [1.29, 1.82) is 0 Å². The molecule has 1 rings (SSSR count). The lowest BCUT2D eigenvalue weighted by molar-refractivity contribution is -0.182. The monoisotopic (exact) mass is 240 g/mol. The van der Waals surface area contributed by atoms with Gasteiger partial charge in [-0.15, -0.1) is 0 Å². The number of nitrogens with one attached hydrogen (secondary N) is 1. The van der Waals surface area contributed by atoms with Crippen molar-refractivity contribution >= 4 is 12.0 Å². The summed E-state index contributed by atoms with van der Waals surface area (Å²) in [6.07, 6.45) is -3.48. The molecule has 0 bridgehead atoms. The Hall–Kier alpha value is -1.47. The number of halogens is 3. The molecule has 5 nitrogen and oxygen atoms in total. The largest absolute Gasteiger partial charge is 0.474 e. The fraction of sp³-hybridized carbons (Fsp3) is 0.750. The molecule has 92 valence electrons. The molecule has 1 saturated heterocycles. The quantitative estimate of drug-likeness (QED) is 0.647. The lowest BCUT2D eigenvalue weighted by Gasteiger charge is -2.25. The fourth-order valence-electron chi connectivity index (χ4n) is 1.29. The predicted molar refractivity (Wildman–Crippen MR) is 46.1 cm³/mol. The first-order chi connectivity index (χ1) is 7.41. The molecule has 0 aromatic rings. The Morgan fingerprint density at radius 2 is 1.69 bits per heavy atom. The number of nitrogens with zero attached hydrogens (tertiary/aromatic N) is 1. The smallest absolute Gasteiger partial charge is 0.321 e. The van der Waals surface area contributed by atoms with Crippen molar-refractivity contribution in [3.63, 3.8) is 0 Å². The highest BCUT2D eigenvalue weighted by Crippen LogP contribution is 2.14. The molecule has 1 aliphatic heterocycles. The SMILES string of the molecule is O=C(ONC(=O)C(F)(F)F)N1CCCCC1. The topological polar surface area (TPSA) is 58.6 Å². The molecule has 0 aromatic heterocycles. The summed E-state index contributed by atoms with van der Waals surface area (Å²) in [6.45, 7) is 0.863. The summed E-state index contributed by atoms with van der Waals surface area (Å²) in [6, 6.07) is 0. The Morgan fingerprint density at radius 3 is 2.19 bits per heavy atom. The van der Waals surface area contributed by atoms with Crippen molar-refractivity contribution in [2.45, 2.75) is 25.4 Å². The Kier molecular flexibility index (Phi) is 3.97. The van der Waals surface area contributed by atoms with Gasteiger partial charge in [-0.3, -0.25) is 4.79 Å². The van der Waals surface area contributed by atoms with Crippen LogP contribution in [-0.2, 0) is 9.63 Å². The minimum atomic E-state index is -5.05. The Morgan fingerprint density at radius 1 is 1.12 bits per heavy atom. The number of likely N-dealkylation sites (tertiary alicyclic amines) is 1. The van der Waals surface area contributed by atoms with Gasteiger partial charge in [0.05, 0.1) is 0 Å². The van der Waals surface area contributed by atoms with Crippen LogP contribution < -0.4 is 5.48 Å². The third-order valence-corrected chi connectivity index (χ3v) is 2.10. The molecule has 0 atom stereocenters. The molecule has 0 aromatic carbocycles. The normalized spacial score (nSPS) is 16.8. The van der Waals surface area contributed by atoms with E-state index in [1.165, 1.54) is 4.90 Å².